The lowest BCUT2D eigenvalue weighted by Crippen LogP contribution is -2.29. The lowest BCUT2D eigenvalue weighted by atomic mass is 10.2. The Labute approximate surface area is 143 Å². The van der Waals surface area contributed by atoms with Crippen LogP contribution in [-0.4, -0.2) is 24.6 Å². The number of nitrogens with one attached hydrogen (secondary N) is 1. The van der Waals surface area contributed by atoms with Crippen molar-refractivity contribution in [2.24, 2.45) is 0 Å². The number of halogens is 1. The minimum atomic E-state index is -0.951. The Hall–Kier alpha value is -3.40. The molecule has 7 heteroatoms. The first-order valence-electron chi connectivity index (χ1n) is 7.37. The predicted octanol–water partition coefficient (Wildman–Crippen LogP) is 2.65. The zero-order valence-electron chi connectivity index (χ0n) is 13.4. The van der Waals surface area contributed by atoms with Crippen molar-refractivity contribution in [3.63, 3.8) is 0 Å². The molecule has 0 heterocycles. The van der Waals surface area contributed by atoms with E-state index in [0.717, 1.165) is 0 Å². The molecule has 2 aromatic rings. The van der Waals surface area contributed by atoms with Gasteiger partial charge < -0.3 is 14.8 Å². The van der Waals surface area contributed by atoms with Gasteiger partial charge in [0.25, 0.3) is 5.91 Å². The van der Waals surface area contributed by atoms with Gasteiger partial charge in [-0.15, -0.1) is 0 Å². The molecule has 1 amide bonds. The molecule has 2 aromatic carbocycles. The molecule has 0 bridgehead atoms. The Bertz CT molecular complexity index is 782. The molecule has 128 valence electrons. The second-order valence-electron chi connectivity index (χ2n) is 5.06. The van der Waals surface area contributed by atoms with E-state index >= 15 is 0 Å². The van der Waals surface area contributed by atoms with Gasteiger partial charge in [-0.2, -0.15) is 5.26 Å². The van der Waals surface area contributed by atoms with E-state index in [1.165, 1.54) is 31.2 Å². The summed E-state index contributed by atoms with van der Waals surface area (Å²) in [7, 11) is 0. The largest absolute Gasteiger partial charge is 0.479 e. The van der Waals surface area contributed by atoms with Gasteiger partial charge in [0.15, 0.2) is 12.7 Å². The van der Waals surface area contributed by atoms with Gasteiger partial charge in [0.05, 0.1) is 11.6 Å². The second-order valence-corrected chi connectivity index (χ2v) is 5.06. The first kappa shape index (κ1) is 17.9. The molecular formula is C18H15FN2O4. The summed E-state index contributed by atoms with van der Waals surface area (Å²) in [5.74, 6) is -1.35. The zero-order chi connectivity index (χ0) is 18.2. The standard InChI is InChI=1S/C18H15FN2O4/c1-12(25-16-8-4-14(19)5-9-16)18(23)24-11-17(22)21-15-6-2-13(10-20)3-7-15/h2-9,12H,11H2,1H3,(H,21,22)/t12-/m0/s1. The van der Waals surface area contributed by atoms with E-state index in [0.29, 0.717) is 17.0 Å². The number of anilines is 1. The lowest BCUT2D eigenvalue weighted by Gasteiger charge is -2.14. The third kappa shape index (κ3) is 5.62. The van der Waals surface area contributed by atoms with Crippen LogP contribution in [0.5, 0.6) is 5.75 Å². The van der Waals surface area contributed by atoms with Crippen LogP contribution >= 0.6 is 0 Å². The number of rotatable bonds is 6. The van der Waals surface area contributed by atoms with Crippen LogP contribution in [0, 0.1) is 17.1 Å². The molecule has 0 spiro atoms. The van der Waals surface area contributed by atoms with Crippen molar-refractivity contribution in [1.82, 2.24) is 0 Å². The van der Waals surface area contributed by atoms with Crippen LogP contribution < -0.4 is 10.1 Å². The zero-order valence-corrected chi connectivity index (χ0v) is 13.4. The Kier molecular flexibility index (Phi) is 6.07. The van der Waals surface area contributed by atoms with E-state index in [1.807, 2.05) is 6.07 Å². The summed E-state index contributed by atoms with van der Waals surface area (Å²) in [6.45, 7) is 0.986. The van der Waals surface area contributed by atoms with Gasteiger partial charge in [-0.1, -0.05) is 0 Å². The number of benzene rings is 2. The van der Waals surface area contributed by atoms with Crippen molar-refractivity contribution in [3.8, 4) is 11.8 Å². The Morgan fingerprint density at radius 2 is 1.80 bits per heavy atom. The lowest BCUT2D eigenvalue weighted by molar-refractivity contribution is -0.153. The first-order chi connectivity index (χ1) is 12.0. The third-order valence-electron chi connectivity index (χ3n) is 3.10. The van der Waals surface area contributed by atoms with Crippen LogP contribution in [0.3, 0.4) is 0 Å². The molecule has 0 saturated carbocycles. The molecule has 2 rings (SSSR count). The van der Waals surface area contributed by atoms with Gasteiger partial charge in [-0.25, -0.2) is 9.18 Å². The average Bonchev–Trinajstić information content (AvgIpc) is 2.62. The minimum Gasteiger partial charge on any atom is -0.479 e. The molecular weight excluding hydrogens is 327 g/mol. The summed E-state index contributed by atoms with van der Waals surface area (Å²) in [5.41, 5.74) is 0.951. The fourth-order valence-electron chi connectivity index (χ4n) is 1.84. The van der Waals surface area contributed by atoms with Gasteiger partial charge in [0.1, 0.15) is 11.6 Å². The molecule has 0 radical (unpaired) electrons. The molecule has 0 aliphatic rings. The van der Waals surface area contributed by atoms with Crippen LogP contribution in [0.25, 0.3) is 0 Å². The highest BCUT2D eigenvalue weighted by Gasteiger charge is 2.18. The Morgan fingerprint density at radius 3 is 2.40 bits per heavy atom. The van der Waals surface area contributed by atoms with E-state index in [1.54, 1.807) is 24.3 Å². The van der Waals surface area contributed by atoms with Crippen LogP contribution in [0.2, 0.25) is 0 Å². The molecule has 0 unspecified atom stereocenters. The number of nitriles is 1. The highest BCUT2D eigenvalue weighted by atomic mass is 19.1. The molecule has 0 fully saturated rings. The molecule has 1 N–H and O–H groups in total. The number of carbonyl (C=O) groups is 2. The van der Waals surface area contributed by atoms with E-state index in [9.17, 15) is 14.0 Å². The summed E-state index contributed by atoms with van der Waals surface area (Å²) in [6, 6.07) is 13.4. The van der Waals surface area contributed by atoms with Crippen LogP contribution in [0.15, 0.2) is 48.5 Å². The van der Waals surface area contributed by atoms with Crippen LogP contribution in [-0.2, 0) is 14.3 Å². The highest BCUT2D eigenvalue weighted by molar-refractivity contribution is 5.93. The number of ether oxygens (including phenoxy) is 2. The number of esters is 1. The van der Waals surface area contributed by atoms with Gasteiger partial charge in [-0.05, 0) is 55.5 Å². The molecule has 0 aliphatic carbocycles. The number of hydrogen-bond acceptors (Lipinski definition) is 5. The van der Waals surface area contributed by atoms with Crippen LogP contribution in [0.4, 0.5) is 10.1 Å². The van der Waals surface area contributed by atoms with Crippen molar-refractivity contribution in [2.75, 3.05) is 11.9 Å². The van der Waals surface area contributed by atoms with Crippen molar-refractivity contribution < 1.29 is 23.5 Å². The minimum absolute atomic E-state index is 0.313. The summed E-state index contributed by atoms with van der Waals surface area (Å²) < 4.78 is 23.0. The van der Waals surface area contributed by atoms with E-state index in [4.69, 9.17) is 14.7 Å². The van der Waals surface area contributed by atoms with Gasteiger partial charge in [0.2, 0.25) is 0 Å². The predicted molar refractivity (Wildman–Crippen MR) is 87.2 cm³/mol. The topological polar surface area (TPSA) is 88.4 Å². The second kappa shape index (κ2) is 8.45. The van der Waals surface area contributed by atoms with Gasteiger partial charge in [0, 0.05) is 5.69 Å². The number of hydrogen-bond donors (Lipinski definition) is 1. The maximum atomic E-state index is 12.8. The average molecular weight is 342 g/mol. The summed E-state index contributed by atoms with van der Waals surface area (Å²) in [6.07, 6.45) is -0.951. The molecule has 6 nitrogen and oxygen atoms in total. The van der Waals surface area contributed by atoms with Crippen LogP contribution in [0.1, 0.15) is 12.5 Å². The number of amides is 1. The smallest absolute Gasteiger partial charge is 0.347 e. The SMILES string of the molecule is C[C@H](Oc1ccc(F)cc1)C(=O)OCC(=O)Nc1ccc(C#N)cc1. The Balaban J connectivity index is 1.78. The summed E-state index contributed by atoms with van der Waals surface area (Å²) >= 11 is 0. The number of nitrogens with zero attached hydrogens (tertiary/aromatic N) is 1. The first-order valence-corrected chi connectivity index (χ1v) is 7.37. The van der Waals surface area contributed by atoms with E-state index in [-0.39, 0.29) is 0 Å². The van der Waals surface area contributed by atoms with Crippen molar-refractivity contribution in [3.05, 3.63) is 59.9 Å². The quantitative estimate of drug-likeness (QED) is 0.815. The maximum Gasteiger partial charge on any atom is 0.347 e. The summed E-state index contributed by atoms with van der Waals surface area (Å²) in [5, 5.41) is 11.2. The molecule has 0 aliphatic heterocycles. The van der Waals surface area contributed by atoms with Gasteiger partial charge in [-0.3, -0.25) is 4.79 Å². The molecule has 0 aromatic heterocycles. The molecule has 25 heavy (non-hydrogen) atoms. The molecule has 1 atom stereocenters. The summed E-state index contributed by atoms with van der Waals surface area (Å²) in [4.78, 5) is 23.6. The van der Waals surface area contributed by atoms with E-state index in [2.05, 4.69) is 5.32 Å². The van der Waals surface area contributed by atoms with Gasteiger partial charge >= 0.3 is 5.97 Å². The molecule has 0 saturated heterocycles. The fourth-order valence-corrected chi connectivity index (χ4v) is 1.84. The third-order valence-corrected chi connectivity index (χ3v) is 3.10. The van der Waals surface area contributed by atoms with Crippen molar-refractivity contribution >= 4 is 17.6 Å². The fraction of sp³-hybridized carbons (Fsp3) is 0.167. The number of carbonyl (C=O) groups excluding carboxylic acids is 2. The van der Waals surface area contributed by atoms with E-state index < -0.39 is 30.4 Å². The monoisotopic (exact) mass is 342 g/mol. The highest BCUT2D eigenvalue weighted by Crippen LogP contribution is 2.13. The normalized spacial score (nSPS) is 11.1. The maximum absolute atomic E-state index is 12.8. The van der Waals surface area contributed by atoms with Crippen molar-refractivity contribution in [1.29, 1.82) is 5.26 Å². The van der Waals surface area contributed by atoms with Crippen molar-refractivity contribution in [2.45, 2.75) is 13.0 Å². The Morgan fingerprint density at radius 1 is 1.16 bits per heavy atom.